The van der Waals surface area contributed by atoms with Crippen LogP contribution in [0.25, 0.3) is 10.8 Å². The molecule has 2 heteroatoms. The standard InChI is InChI=1S/C18H28N2/c19-13-8-6-4-2-1-3-5-7-10-16-11-9-12-17-14-20-15-18(16)17/h9,11-12,14-15,20H,1-8,10,13,19H2. The Labute approximate surface area is 122 Å². The minimum absolute atomic E-state index is 0.852. The number of hydrogen-bond donors (Lipinski definition) is 2. The number of H-pyrrole nitrogens is 1. The fourth-order valence-corrected chi connectivity index (χ4v) is 2.89. The summed E-state index contributed by atoms with van der Waals surface area (Å²) in [5.74, 6) is 0. The molecule has 0 bridgehead atoms. The van der Waals surface area contributed by atoms with Gasteiger partial charge in [0.25, 0.3) is 0 Å². The largest absolute Gasteiger partial charge is 0.366 e. The van der Waals surface area contributed by atoms with Crippen LogP contribution in [0.3, 0.4) is 0 Å². The summed E-state index contributed by atoms with van der Waals surface area (Å²) >= 11 is 0. The Hall–Kier alpha value is -1.28. The Morgan fingerprint density at radius 1 is 0.800 bits per heavy atom. The Kier molecular flexibility index (Phi) is 6.65. The molecule has 3 N–H and O–H groups in total. The molecule has 0 fully saturated rings. The molecular weight excluding hydrogens is 244 g/mol. The second-order valence-corrected chi connectivity index (χ2v) is 5.74. The second kappa shape index (κ2) is 8.80. The quantitative estimate of drug-likeness (QED) is 0.600. The van der Waals surface area contributed by atoms with Gasteiger partial charge in [0.1, 0.15) is 0 Å². The predicted molar refractivity (Wildman–Crippen MR) is 88.0 cm³/mol. The van der Waals surface area contributed by atoms with Crippen LogP contribution in [0.1, 0.15) is 56.9 Å². The fourth-order valence-electron chi connectivity index (χ4n) is 2.89. The van der Waals surface area contributed by atoms with Crippen molar-refractivity contribution in [2.24, 2.45) is 5.73 Å². The van der Waals surface area contributed by atoms with E-state index in [1.54, 1.807) is 0 Å². The average Bonchev–Trinajstić information content (AvgIpc) is 2.95. The van der Waals surface area contributed by atoms with Crippen LogP contribution in [-0.2, 0) is 6.42 Å². The van der Waals surface area contributed by atoms with Crippen LogP contribution in [0.4, 0.5) is 0 Å². The van der Waals surface area contributed by atoms with Gasteiger partial charge in [0.05, 0.1) is 0 Å². The van der Waals surface area contributed by atoms with Crippen LogP contribution in [0, 0.1) is 0 Å². The average molecular weight is 272 g/mol. The topological polar surface area (TPSA) is 41.8 Å². The van der Waals surface area contributed by atoms with E-state index in [2.05, 4.69) is 35.6 Å². The molecule has 0 aliphatic heterocycles. The highest BCUT2D eigenvalue weighted by atomic mass is 14.6. The van der Waals surface area contributed by atoms with Crippen LogP contribution in [-0.4, -0.2) is 11.5 Å². The summed E-state index contributed by atoms with van der Waals surface area (Å²) in [6.07, 6.45) is 16.1. The number of nitrogens with two attached hydrogens (primary N) is 1. The number of rotatable bonds is 10. The van der Waals surface area contributed by atoms with E-state index in [4.69, 9.17) is 5.73 Å². The van der Waals surface area contributed by atoms with Gasteiger partial charge < -0.3 is 10.7 Å². The molecule has 0 atom stereocenters. The third-order valence-corrected chi connectivity index (χ3v) is 4.10. The maximum atomic E-state index is 5.49. The first-order chi connectivity index (χ1) is 9.92. The Bertz CT molecular complexity index is 487. The lowest BCUT2D eigenvalue weighted by molar-refractivity contribution is 0.570. The summed E-state index contributed by atoms with van der Waals surface area (Å²) in [7, 11) is 0. The molecule has 0 aliphatic carbocycles. The molecule has 1 heterocycles. The SMILES string of the molecule is NCCCCCCCCCCc1cccc2c[nH]cc12. The minimum atomic E-state index is 0.852. The highest BCUT2D eigenvalue weighted by Crippen LogP contribution is 2.20. The molecule has 0 radical (unpaired) electrons. The van der Waals surface area contributed by atoms with Crippen LogP contribution in [0.15, 0.2) is 30.6 Å². The molecule has 0 amide bonds. The maximum absolute atomic E-state index is 5.49. The number of benzene rings is 1. The van der Waals surface area contributed by atoms with Gasteiger partial charge in [-0.25, -0.2) is 0 Å². The Morgan fingerprint density at radius 2 is 1.50 bits per heavy atom. The van der Waals surface area contributed by atoms with Crippen molar-refractivity contribution in [2.45, 2.75) is 57.8 Å². The summed E-state index contributed by atoms with van der Waals surface area (Å²) in [5.41, 5.74) is 6.99. The van der Waals surface area contributed by atoms with Gasteiger partial charge in [-0.2, -0.15) is 0 Å². The molecule has 1 aromatic heterocycles. The van der Waals surface area contributed by atoms with Crippen LogP contribution < -0.4 is 5.73 Å². The molecule has 2 rings (SSSR count). The van der Waals surface area contributed by atoms with Gasteiger partial charge in [-0.1, -0.05) is 56.7 Å². The van der Waals surface area contributed by atoms with Crippen molar-refractivity contribution in [1.29, 1.82) is 0 Å². The second-order valence-electron chi connectivity index (χ2n) is 5.74. The van der Waals surface area contributed by atoms with Gasteiger partial charge in [-0.15, -0.1) is 0 Å². The normalized spacial score (nSPS) is 11.2. The van der Waals surface area contributed by atoms with Gasteiger partial charge in [-0.3, -0.25) is 0 Å². The fraction of sp³-hybridized carbons (Fsp3) is 0.556. The van der Waals surface area contributed by atoms with Crippen molar-refractivity contribution >= 4 is 10.8 Å². The van der Waals surface area contributed by atoms with E-state index in [1.165, 1.54) is 74.1 Å². The number of hydrogen-bond acceptors (Lipinski definition) is 1. The van der Waals surface area contributed by atoms with Crippen molar-refractivity contribution < 1.29 is 0 Å². The number of aromatic nitrogens is 1. The maximum Gasteiger partial charge on any atom is 0.00871 e. The molecular formula is C18H28N2. The molecule has 0 spiro atoms. The molecule has 0 saturated carbocycles. The van der Waals surface area contributed by atoms with Crippen LogP contribution >= 0.6 is 0 Å². The van der Waals surface area contributed by atoms with E-state index in [1.807, 2.05) is 0 Å². The number of aromatic amines is 1. The van der Waals surface area contributed by atoms with E-state index in [9.17, 15) is 0 Å². The zero-order chi connectivity index (χ0) is 14.0. The lowest BCUT2D eigenvalue weighted by Gasteiger charge is -2.04. The first-order valence-electron chi connectivity index (χ1n) is 8.16. The smallest absolute Gasteiger partial charge is 0.00871 e. The van der Waals surface area contributed by atoms with Crippen LogP contribution in [0.5, 0.6) is 0 Å². The van der Waals surface area contributed by atoms with E-state index in [0.717, 1.165) is 6.54 Å². The third-order valence-electron chi connectivity index (χ3n) is 4.10. The molecule has 110 valence electrons. The van der Waals surface area contributed by atoms with Crippen molar-refractivity contribution in [3.63, 3.8) is 0 Å². The summed E-state index contributed by atoms with van der Waals surface area (Å²) in [5, 5.41) is 2.73. The summed E-state index contributed by atoms with van der Waals surface area (Å²) in [4.78, 5) is 3.20. The van der Waals surface area contributed by atoms with E-state index in [0.29, 0.717) is 0 Å². The summed E-state index contributed by atoms with van der Waals surface area (Å²) in [6.45, 7) is 0.852. The highest BCUT2D eigenvalue weighted by Gasteiger charge is 2.01. The van der Waals surface area contributed by atoms with Gasteiger partial charge >= 0.3 is 0 Å². The Balaban J connectivity index is 1.58. The predicted octanol–water partition coefficient (Wildman–Crippen LogP) is 4.79. The van der Waals surface area contributed by atoms with Gasteiger partial charge in [0, 0.05) is 17.8 Å². The van der Waals surface area contributed by atoms with Crippen molar-refractivity contribution in [3.05, 3.63) is 36.2 Å². The molecule has 0 unspecified atom stereocenters. The summed E-state index contributed by atoms with van der Waals surface area (Å²) < 4.78 is 0. The van der Waals surface area contributed by atoms with Crippen molar-refractivity contribution in [3.8, 4) is 0 Å². The number of unbranched alkanes of at least 4 members (excludes halogenated alkanes) is 7. The van der Waals surface area contributed by atoms with Gasteiger partial charge in [-0.05, 0) is 36.8 Å². The molecule has 20 heavy (non-hydrogen) atoms. The third kappa shape index (κ3) is 4.68. The first kappa shape index (κ1) is 15.1. The number of aryl methyl sites for hydroxylation is 1. The lowest BCUT2D eigenvalue weighted by Crippen LogP contribution is -1.97. The highest BCUT2D eigenvalue weighted by molar-refractivity contribution is 5.85. The number of nitrogens with one attached hydrogen (secondary N) is 1. The molecule has 0 aliphatic rings. The zero-order valence-corrected chi connectivity index (χ0v) is 12.5. The molecule has 2 aromatic rings. The number of fused-ring (bicyclic) bond motifs is 1. The minimum Gasteiger partial charge on any atom is -0.366 e. The van der Waals surface area contributed by atoms with Crippen molar-refractivity contribution in [1.82, 2.24) is 4.98 Å². The lowest BCUT2D eigenvalue weighted by atomic mass is 10.0. The van der Waals surface area contributed by atoms with E-state index in [-0.39, 0.29) is 0 Å². The van der Waals surface area contributed by atoms with E-state index >= 15 is 0 Å². The molecule has 0 saturated heterocycles. The van der Waals surface area contributed by atoms with Crippen LogP contribution in [0.2, 0.25) is 0 Å². The molecule has 1 aromatic carbocycles. The first-order valence-corrected chi connectivity index (χ1v) is 8.16. The van der Waals surface area contributed by atoms with Crippen molar-refractivity contribution in [2.75, 3.05) is 6.54 Å². The zero-order valence-electron chi connectivity index (χ0n) is 12.5. The molecule has 2 nitrogen and oxygen atoms in total. The van der Waals surface area contributed by atoms with Gasteiger partial charge in [0.2, 0.25) is 0 Å². The Morgan fingerprint density at radius 3 is 2.25 bits per heavy atom. The summed E-state index contributed by atoms with van der Waals surface area (Å²) in [6, 6.07) is 6.61. The van der Waals surface area contributed by atoms with E-state index < -0.39 is 0 Å². The van der Waals surface area contributed by atoms with Gasteiger partial charge in [0.15, 0.2) is 0 Å². The monoisotopic (exact) mass is 272 g/mol.